The zero-order chi connectivity index (χ0) is 16.2. The maximum Gasteiger partial charge on any atom is 0.257 e. The van der Waals surface area contributed by atoms with Gasteiger partial charge in [0, 0.05) is 31.9 Å². The lowest BCUT2D eigenvalue weighted by Gasteiger charge is -2.28. The van der Waals surface area contributed by atoms with Crippen molar-refractivity contribution in [2.24, 2.45) is 0 Å². The predicted octanol–water partition coefficient (Wildman–Crippen LogP) is 3.72. The minimum Gasteiger partial charge on any atom is -0.372 e. The van der Waals surface area contributed by atoms with Crippen LogP contribution < -0.4 is 5.32 Å². The van der Waals surface area contributed by atoms with Crippen LogP contribution in [-0.2, 0) is 0 Å². The van der Waals surface area contributed by atoms with Gasteiger partial charge >= 0.3 is 0 Å². The van der Waals surface area contributed by atoms with Crippen molar-refractivity contribution in [1.82, 2.24) is 9.88 Å². The van der Waals surface area contributed by atoms with Crippen molar-refractivity contribution in [1.29, 1.82) is 0 Å². The number of anilines is 1. The number of pyridine rings is 1. The van der Waals surface area contributed by atoms with Crippen molar-refractivity contribution in [3.05, 3.63) is 47.7 Å². The minimum absolute atomic E-state index is 0.0943. The molecule has 2 aromatic rings. The van der Waals surface area contributed by atoms with E-state index in [9.17, 15) is 4.79 Å². The van der Waals surface area contributed by atoms with Gasteiger partial charge in [0.05, 0.1) is 5.56 Å². The van der Waals surface area contributed by atoms with Gasteiger partial charge in [-0.3, -0.25) is 4.79 Å². The molecule has 0 radical (unpaired) electrons. The van der Waals surface area contributed by atoms with Crippen LogP contribution in [-0.4, -0.2) is 35.9 Å². The summed E-state index contributed by atoms with van der Waals surface area (Å²) >= 11 is 0. The van der Waals surface area contributed by atoms with Crippen LogP contribution in [0.2, 0.25) is 0 Å². The number of benzene rings is 1. The number of rotatable bonds is 3. The van der Waals surface area contributed by atoms with E-state index in [-0.39, 0.29) is 5.91 Å². The molecule has 1 amide bonds. The monoisotopic (exact) mass is 309 g/mol. The molecule has 1 fully saturated rings. The van der Waals surface area contributed by atoms with Crippen molar-refractivity contribution in [2.75, 3.05) is 25.5 Å². The molecule has 23 heavy (non-hydrogen) atoms. The number of likely N-dealkylation sites (tertiary alicyclic amines) is 1. The van der Waals surface area contributed by atoms with Crippen molar-refractivity contribution in [2.45, 2.75) is 26.2 Å². The van der Waals surface area contributed by atoms with Gasteiger partial charge in [-0.25, -0.2) is 4.98 Å². The molecule has 0 atom stereocenters. The third-order valence-electron chi connectivity index (χ3n) is 4.52. The maximum absolute atomic E-state index is 13.0. The largest absolute Gasteiger partial charge is 0.372 e. The first-order valence-electron chi connectivity index (χ1n) is 8.24. The lowest BCUT2D eigenvalue weighted by molar-refractivity contribution is 0.0724. The zero-order valence-corrected chi connectivity index (χ0v) is 13.8. The molecule has 2 heterocycles. The third-order valence-corrected chi connectivity index (χ3v) is 4.52. The molecule has 1 saturated heterocycles. The van der Waals surface area contributed by atoms with Gasteiger partial charge in [0.1, 0.15) is 5.82 Å². The average molecular weight is 309 g/mol. The summed E-state index contributed by atoms with van der Waals surface area (Å²) in [5, 5.41) is 3.08. The summed E-state index contributed by atoms with van der Waals surface area (Å²) < 4.78 is 0. The van der Waals surface area contributed by atoms with Gasteiger partial charge in [-0.1, -0.05) is 30.3 Å². The van der Waals surface area contributed by atoms with Crippen LogP contribution in [0.1, 0.15) is 35.2 Å². The molecule has 4 nitrogen and oxygen atoms in total. The minimum atomic E-state index is 0.0943. The Kier molecular flexibility index (Phi) is 4.60. The number of nitrogens with one attached hydrogen (secondary N) is 1. The van der Waals surface area contributed by atoms with Crippen LogP contribution in [0, 0.1) is 6.92 Å². The lowest BCUT2D eigenvalue weighted by atomic mass is 9.97. The number of nitrogens with zero attached hydrogens (tertiary/aromatic N) is 2. The first kappa shape index (κ1) is 15.5. The topological polar surface area (TPSA) is 45.2 Å². The summed E-state index contributed by atoms with van der Waals surface area (Å²) in [5.74, 6) is 0.759. The van der Waals surface area contributed by atoms with Gasteiger partial charge in [0.15, 0.2) is 0 Å². The number of hydrogen-bond acceptors (Lipinski definition) is 3. The Morgan fingerprint density at radius 3 is 2.48 bits per heavy atom. The zero-order valence-electron chi connectivity index (χ0n) is 13.8. The molecule has 0 spiro atoms. The van der Waals surface area contributed by atoms with E-state index in [4.69, 9.17) is 0 Å². The van der Waals surface area contributed by atoms with Gasteiger partial charge in [-0.05, 0) is 37.3 Å². The highest BCUT2D eigenvalue weighted by atomic mass is 16.2. The average Bonchev–Trinajstić information content (AvgIpc) is 2.62. The van der Waals surface area contributed by atoms with Crippen molar-refractivity contribution >= 4 is 11.7 Å². The summed E-state index contributed by atoms with van der Waals surface area (Å²) in [6.07, 6.45) is 5.24. The van der Waals surface area contributed by atoms with E-state index in [1.54, 1.807) is 0 Å². The normalized spacial score (nSPS) is 14.6. The van der Waals surface area contributed by atoms with Crippen LogP contribution >= 0.6 is 0 Å². The third kappa shape index (κ3) is 3.07. The standard InChI is InChI=1S/C19H23N3O/c1-14-16(15-9-5-3-6-10-15)13-21-18(20-2)17(14)19(23)22-11-7-4-8-12-22/h3,5-6,9-10,13H,4,7-8,11-12H2,1-2H3,(H,20,21). The molecule has 0 aliphatic carbocycles. The van der Waals surface area contributed by atoms with Crippen molar-refractivity contribution in [3.8, 4) is 11.1 Å². The van der Waals surface area contributed by atoms with Crippen LogP contribution in [0.15, 0.2) is 36.5 Å². The van der Waals surface area contributed by atoms with E-state index in [2.05, 4.69) is 22.4 Å². The number of amides is 1. The summed E-state index contributed by atoms with van der Waals surface area (Å²) in [7, 11) is 1.82. The lowest BCUT2D eigenvalue weighted by Crippen LogP contribution is -2.36. The van der Waals surface area contributed by atoms with Crippen molar-refractivity contribution in [3.63, 3.8) is 0 Å². The molecule has 0 bridgehead atoms. The van der Waals surface area contributed by atoms with E-state index in [0.29, 0.717) is 11.4 Å². The summed E-state index contributed by atoms with van der Waals surface area (Å²) in [6.45, 7) is 3.70. The second-order valence-corrected chi connectivity index (χ2v) is 5.99. The highest BCUT2D eigenvalue weighted by Crippen LogP contribution is 2.30. The smallest absolute Gasteiger partial charge is 0.257 e. The van der Waals surface area contributed by atoms with Gasteiger partial charge in [0.2, 0.25) is 0 Å². The van der Waals surface area contributed by atoms with Gasteiger partial charge < -0.3 is 10.2 Å². The summed E-state index contributed by atoms with van der Waals surface area (Å²) in [5.41, 5.74) is 3.81. The fourth-order valence-electron chi connectivity index (χ4n) is 3.22. The van der Waals surface area contributed by atoms with Crippen LogP contribution in [0.5, 0.6) is 0 Å². The molecule has 120 valence electrons. The number of carbonyl (C=O) groups excluding carboxylic acids is 1. The second kappa shape index (κ2) is 6.82. The van der Waals surface area contributed by atoms with Gasteiger partial charge in [-0.15, -0.1) is 0 Å². The molecule has 1 aliphatic heterocycles. The SMILES string of the molecule is CNc1ncc(-c2ccccc2)c(C)c1C(=O)N1CCCCC1. The molecule has 0 saturated carbocycles. The fourth-order valence-corrected chi connectivity index (χ4v) is 3.22. The molecule has 4 heteroatoms. The van der Waals surface area contributed by atoms with Crippen LogP contribution in [0.3, 0.4) is 0 Å². The van der Waals surface area contributed by atoms with E-state index >= 15 is 0 Å². The van der Waals surface area contributed by atoms with Crippen LogP contribution in [0.4, 0.5) is 5.82 Å². The van der Waals surface area contributed by atoms with Crippen LogP contribution in [0.25, 0.3) is 11.1 Å². The number of aromatic nitrogens is 1. The molecule has 1 aromatic heterocycles. The fraction of sp³-hybridized carbons (Fsp3) is 0.368. The number of hydrogen-bond donors (Lipinski definition) is 1. The highest BCUT2D eigenvalue weighted by molar-refractivity contribution is 6.01. The van der Waals surface area contributed by atoms with E-state index < -0.39 is 0 Å². The van der Waals surface area contributed by atoms with E-state index in [1.807, 2.05) is 43.3 Å². The Hall–Kier alpha value is -2.36. The van der Waals surface area contributed by atoms with E-state index in [1.165, 1.54) is 6.42 Å². The predicted molar refractivity (Wildman–Crippen MR) is 93.7 cm³/mol. The van der Waals surface area contributed by atoms with Gasteiger partial charge in [0.25, 0.3) is 5.91 Å². The highest BCUT2D eigenvalue weighted by Gasteiger charge is 2.24. The Bertz CT molecular complexity index is 691. The Morgan fingerprint density at radius 1 is 1.13 bits per heavy atom. The maximum atomic E-state index is 13.0. The van der Waals surface area contributed by atoms with Crippen molar-refractivity contribution < 1.29 is 4.79 Å². The number of carbonyl (C=O) groups is 1. The molecular formula is C19H23N3O. The molecule has 1 aromatic carbocycles. The Morgan fingerprint density at radius 2 is 1.83 bits per heavy atom. The second-order valence-electron chi connectivity index (χ2n) is 5.99. The molecule has 1 N–H and O–H groups in total. The Labute approximate surface area is 137 Å². The first-order valence-corrected chi connectivity index (χ1v) is 8.24. The summed E-state index contributed by atoms with van der Waals surface area (Å²) in [4.78, 5) is 19.5. The van der Waals surface area contributed by atoms with E-state index in [0.717, 1.165) is 42.6 Å². The molecule has 3 rings (SSSR count). The molecule has 1 aliphatic rings. The Balaban J connectivity index is 2.05. The van der Waals surface area contributed by atoms with Gasteiger partial charge in [-0.2, -0.15) is 0 Å². The molecular weight excluding hydrogens is 286 g/mol. The quantitative estimate of drug-likeness (QED) is 0.939. The summed E-state index contributed by atoms with van der Waals surface area (Å²) in [6, 6.07) is 10.1. The molecule has 0 unspecified atom stereocenters. The number of piperidine rings is 1. The first-order chi connectivity index (χ1) is 11.2.